The smallest absolute Gasteiger partial charge is 0.307 e. The summed E-state index contributed by atoms with van der Waals surface area (Å²) in [5.74, 6) is -0.484. The van der Waals surface area contributed by atoms with Gasteiger partial charge in [0.05, 0.1) is 18.4 Å². The van der Waals surface area contributed by atoms with Crippen molar-refractivity contribution in [3.8, 4) is 0 Å². The van der Waals surface area contributed by atoms with Crippen molar-refractivity contribution in [1.29, 1.82) is 0 Å². The van der Waals surface area contributed by atoms with Gasteiger partial charge in [0.2, 0.25) is 10.0 Å². The molecule has 0 radical (unpaired) electrons. The zero-order chi connectivity index (χ0) is 17.1. The van der Waals surface area contributed by atoms with Gasteiger partial charge in [-0.05, 0) is 25.0 Å². The molecule has 0 aliphatic heterocycles. The number of sulfonamides is 1. The lowest BCUT2D eigenvalue weighted by Crippen LogP contribution is -2.47. The van der Waals surface area contributed by atoms with Crippen LogP contribution in [-0.4, -0.2) is 27.0 Å². The summed E-state index contributed by atoms with van der Waals surface area (Å²) in [4.78, 5) is 11.5. The SMILES string of the molecule is COC(=O)CC1(NS(=O)(=O)c2ccc(C(F)F)cc2)CCCC1. The predicted molar refractivity (Wildman–Crippen MR) is 79.6 cm³/mol. The van der Waals surface area contributed by atoms with Crippen LogP contribution in [0.1, 0.15) is 44.1 Å². The van der Waals surface area contributed by atoms with E-state index in [-0.39, 0.29) is 16.9 Å². The van der Waals surface area contributed by atoms with Gasteiger partial charge in [0.15, 0.2) is 0 Å². The van der Waals surface area contributed by atoms with Gasteiger partial charge in [-0.3, -0.25) is 4.79 Å². The fourth-order valence-corrected chi connectivity index (χ4v) is 4.31. The number of halogens is 2. The number of hydrogen-bond donors (Lipinski definition) is 1. The Bertz CT molecular complexity index is 653. The maximum atomic E-state index is 12.5. The van der Waals surface area contributed by atoms with Gasteiger partial charge in [-0.1, -0.05) is 25.0 Å². The first-order chi connectivity index (χ1) is 10.8. The first-order valence-corrected chi connectivity index (χ1v) is 8.75. The largest absolute Gasteiger partial charge is 0.469 e. The third-order valence-electron chi connectivity index (χ3n) is 4.06. The van der Waals surface area contributed by atoms with Crippen molar-refractivity contribution in [1.82, 2.24) is 4.72 Å². The van der Waals surface area contributed by atoms with Crippen molar-refractivity contribution in [2.24, 2.45) is 0 Å². The van der Waals surface area contributed by atoms with Gasteiger partial charge < -0.3 is 4.74 Å². The average Bonchev–Trinajstić information content (AvgIpc) is 2.94. The molecule has 8 heteroatoms. The summed E-state index contributed by atoms with van der Waals surface area (Å²) in [7, 11) is -2.65. The Morgan fingerprint density at radius 2 is 1.83 bits per heavy atom. The van der Waals surface area contributed by atoms with Gasteiger partial charge in [0.1, 0.15) is 0 Å². The molecule has 1 aromatic rings. The van der Waals surface area contributed by atoms with Gasteiger partial charge in [-0.2, -0.15) is 0 Å². The monoisotopic (exact) mass is 347 g/mol. The lowest BCUT2D eigenvalue weighted by molar-refractivity contribution is -0.142. The van der Waals surface area contributed by atoms with E-state index in [0.717, 1.165) is 37.1 Å². The fraction of sp³-hybridized carbons (Fsp3) is 0.533. The van der Waals surface area contributed by atoms with Crippen molar-refractivity contribution in [2.45, 2.75) is 49.0 Å². The average molecular weight is 347 g/mol. The highest BCUT2D eigenvalue weighted by Gasteiger charge is 2.40. The zero-order valence-corrected chi connectivity index (χ0v) is 13.5. The van der Waals surface area contributed by atoms with Crippen LogP contribution in [0.15, 0.2) is 29.2 Å². The van der Waals surface area contributed by atoms with E-state index in [1.807, 2.05) is 0 Å². The molecule has 1 aromatic carbocycles. The number of carbonyl (C=O) groups is 1. The van der Waals surface area contributed by atoms with Crippen LogP contribution in [-0.2, 0) is 19.6 Å². The summed E-state index contributed by atoms with van der Waals surface area (Å²) < 4.78 is 57.3. The first kappa shape index (κ1) is 17.8. The van der Waals surface area contributed by atoms with E-state index in [2.05, 4.69) is 9.46 Å². The summed E-state index contributed by atoms with van der Waals surface area (Å²) in [6, 6.07) is 4.46. The molecule has 1 aliphatic rings. The topological polar surface area (TPSA) is 72.5 Å². The van der Waals surface area contributed by atoms with Crippen LogP contribution in [0.2, 0.25) is 0 Å². The molecule has 0 unspecified atom stereocenters. The minimum Gasteiger partial charge on any atom is -0.469 e. The van der Waals surface area contributed by atoms with Crippen LogP contribution in [0, 0.1) is 0 Å². The number of methoxy groups -OCH3 is 1. The quantitative estimate of drug-likeness (QED) is 0.803. The number of rotatable bonds is 6. The van der Waals surface area contributed by atoms with Crippen LogP contribution < -0.4 is 4.72 Å². The summed E-state index contributed by atoms with van der Waals surface area (Å²) in [6.45, 7) is 0. The molecule has 5 nitrogen and oxygen atoms in total. The second-order valence-corrected chi connectivity index (χ2v) is 7.40. The third kappa shape index (κ3) is 4.26. The Balaban J connectivity index is 2.22. The molecule has 0 spiro atoms. The lowest BCUT2D eigenvalue weighted by atomic mass is 9.95. The van der Waals surface area contributed by atoms with Crippen LogP contribution in [0.3, 0.4) is 0 Å². The second kappa shape index (κ2) is 6.92. The zero-order valence-electron chi connectivity index (χ0n) is 12.7. The van der Waals surface area contributed by atoms with Gasteiger partial charge in [0, 0.05) is 11.1 Å². The highest BCUT2D eigenvalue weighted by atomic mass is 32.2. The molecule has 23 heavy (non-hydrogen) atoms. The van der Waals surface area contributed by atoms with Crippen molar-refractivity contribution in [3.63, 3.8) is 0 Å². The predicted octanol–water partition coefficient (Wildman–Crippen LogP) is 2.78. The van der Waals surface area contributed by atoms with Gasteiger partial charge in [0.25, 0.3) is 6.43 Å². The fourth-order valence-electron chi connectivity index (χ4n) is 2.85. The standard InChI is InChI=1S/C15H19F2NO4S/c1-22-13(19)10-15(8-2-3-9-15)18-23(20,21)12-6-4-11(5-7-12)14(16)17/h4-7,14,18H,2-3,8-10H2,1H3. The van der Waals surface area contributed by atoms with Gasteiger partial charge >= 0.3 is 5.97 Å². The molecule has 2 rings (SSSR count). The number of nitrogens with one attached hydrogen (secondary N) is 1. The molecule has 0 heterocycles. The van der Waals surface area contributed by atoms with E-state index in [1.165, 1.54) is 7.11 Å². The highest BCUT2D eigenvalue weighted by molar-refractivity contribution is 7.89. The van der Waals surface area contributed by atoms with Crippen LogP contribution in [0.5, 0.6) is 0 Å². The molecule has 1 saturated carbocycles. The summed E-state index contributed by atoms with van der Waals surface area (Å²) in [5, 5.41) is 0. The van der Waals surface area contributed by atoms with Crippen molar-refractivity contribution in [3.05, 3.63) is 29.8 Å². The molecule has 0 aromatic heterocycles. The molecule has 0 bridgehead atoms. The van der Waals surface area contributed by atoms with Crippen molar-refractivity contribution >= 4 is 16.0 Å². The number of carbonyl (C=O) groups excluding carboxylic acids is 1. The Labute approximate surface area is 134 Å². The third-order valence-corrected chi connectivity index (χ3v) is 5.66. The number of ether oxygens (including phenoxy) is 1. The van der Waals surface area contributed by atoms with E-state index in [4.69, 9.17) is 0 Å². The highest BCUT2D eigenvalue weighted by Crippen LogP contribution is 2.34. The molecule has 1 fully saturated rings. The Morgan fingerprint density at radius 1 is 1.26 bits per heavy atom. The summed E-state index contributed by atoms with van der Waals surface area (Å²) in [5.41, 5.74) is -1.11. The lowest BCUT2D eigenvalue weighted by Gasteiger charge is -2.28. The molecule has 0 atom stereocenters. The molecule has 1 N–H and O–H groups in total. The van der Waals surface area contributed by atoms with E-state index >= 15 is 0 Å². The molecule has 128 valence electrons. The number of hydrogen-bond acceptors (Lipinski definition) is 4. The molecule has 1 aliphatic carbocycles. The van der Waals surface area contributed by atoms with Crippen molar-refractivity contribution < 1.29 is 26.7 Å². The van der Waals surface area contributed by atoms with E-state index in [9.17, 15) is 22.0 Å². The Hall–Kier alpha value is -1.54. The number of alkyl halides is 2. The summed E-state index contributed by atoms with van der Waals surface area (Å²) in [6.07, 6.45) is -0.00138. The maximum absolute atomic E-state index is 12.5. The van der Waals surface area contributed by atoms with Crippen LogP contribution >= 0.6 is 0 Å². The minimum atomic E-state index is -3.90. The second-order valence-electron chi connectivity index (χ2n) is 5.72. The van der Waals surface area contributed by atoms with E-state index < -0.39 is 28.0 Å². The van der Waals surface area contributed by atoms with E-state index in [1.54, 1.807) is 0 Å². The van der Waals surface area contributed by atoms with Crippen LogP contribution in [0.4, 0.5) is 8.78 Å². The summed E-state index contributed by atoms with van der Waals surface area (Å²) >= 11 is 0. The molecule has 0 saturated heterocycles. The van der Waals surface area contributed by atoms with Crippen molar-refractivity contribution in [2.75, 3.05) is 7.11 Å². The van der Waals surface area contributed by atoms with E-state index in [0.29, 0.717) is 12.8 Å². The van der Waals surface area contributed by atoms with Gasteiger partial charge in [-0.25, -0.2) is 21.9 Å². The normalized spacial score (nSPS) is 17.4. The maximum Gasteiger partial charge on any atom is 0.307 e. The number of esters is 1. The number of benzene rings is 1. The minimum absolute atomic E-state index is 0.0438. The molecular weight excluding hydrogens is 328 g/mol. The van der Waals surface area contributed by atoms with Crippen LogP contribution in [0.25, 0.3) is 0 Å². The molecule has 0 amide bonds. The Morgan fingerprint density at radius 3 is 2.30 bits per heavy atom. The van der Waals surface area contributed by atoms with Gasteiger partial charge in [-0.15, -0.1) is 0 Å². The molecular formula is C15H19F2NO4S. The first-order valence-electron chi connectivity index (χ1n) is 7.27. The Kier molecular flexibility index (Phi) is 5.36.